The molecular formula is C25H32N2O5. The van der Waals surface area contributed by atoms with E-state index >= 15 is 0 Å². The van der Waals surface area contributed by atoms with Crippen LogP contribution in [0.25, 0.3) is 0 Å². The lowest BCUT2D eigenvalue weighted by atomic mass is 9.85. The molecule has 172 valence electrons. The highest BCUT2D eigenvalue weighted by atomic mass is 16.7. The second kappa shape index (κ2) is 10.6. The highest BCUT2D eigenvalue weighted by Gasteiger charge is 2.50. The van der Waals surface area contributed by atoms with Gasteiger partial charge in [-0.2, -0.15) is 0 Å². The molecule has 2 aromatic rings. The molecule has 0 aromatic heterocycles. The molecule has 7 heteroatoms. The van der Waals surface area contributed by atoms with Crippen molar-refractivity contribution in [1.29, 1.82) is 0 Å². The number of rotatable bonds is 8. The number of hydrogen-bond donors (Lipinski definition) is 0. The molecule has 1 amide bonds. The van der Waals surface area contributed by atoms with Crippen LogP contribution in [-0.2, 0) is 25.8 Å². The Labute approximate surface area is 189 Å². The van der Waals surface area contributed by atoms with Crippen LogP contribution in [0.15, 0.2) is 54.6 Å². The van der Waals surface area contributed by atoms with Crippen LogP contribution < -0.4 is 4.74 Å². The smallest absolute Gasteiger partial charge is 0.334 e. The number of nitrogens with zero attached hydrogens (tertiary/aromatic N) is 2. The van der Waals surface area contributed by atoms with Crippen LogP contribution >= 0.6 is 0 Å². The van der Waals surface area contributed by atoms with Gasteiger partial charge in [0.05, 0.1) is 14.2 Å². The van der Waals surface area contributed by atoms with Gasteiger partial charge in [-0.15, -0.1) is 0 Å². The van der Waals surface area contributed by atoms with Crippen LogP contribution in [0.1, 0.15) is 43.9 Å². The van der Waals surface area contributed by atoms with E-state index in [1.165, 1.54) is 24.7 Å². The number of hydroxylamine groups is 2. The fourth-order valence-corrected chi connectivity index (χ4v) is 4.38. The molecule has 0 aliphatic carbocycles. The standard InChI is InChI=1S/C25H32N2O5/c1-19(21-10-6-5-7-11-21)26-16-14-25(15-17-26,24(29)31-4)27(20(2)28)32-18-22-12-8-9-13-23(22)30-3/h5-13,19H,14-18H2,1-4H3. The van der Waals surface area contributed by atoms with Gasteiger partial charge in [-0.3, -0.25) is 14.5 Å². The zero-order chi connectivity index (χ0) is 23.1. The topological polar surface area (TPSA) is 68.3 Å². The van der Waals surface area contributed by atoms with Crippen molar-refractivity contribution in [2.24, 2.45) is 0 Å². The van der Waals surface area contributed by atoms with E-state index in [4.69, 9.17) is 14.3 Å². The molecule has 1 aliphatic rings. The van der Waals surface area contributed by atoms with Gasteiger partial charge in [-0.1, -0.05) is 48.5 Å². The minimum atomic E-state index is -1.17. The van der Waals surface area contributed by atoms with Crippen molar-refractivity contribution in [3.05, 3.63) is 65.7 Å². The second-order valence-corrected chi connectivity index (χ2v) is 8.04. The zero-order valence-corrected chi connectivity index (χ0v) is 19.2. The average molecular weight is 441 g/mol. The predicted molar refractivity (Wildman–Crippen MR) is 121 cm³/mol. The van der Waals surface area contributed by atoms with Crippen molar-refractivity contribution in [2.45, 2.75) is 44.9 Å². The van der Waals surface area contributed by atoms with E-state index in [2.05, 4.69) is 24.0 Å². The van der Waals surface area contributed by atoms with Crippen LogP contribution in [0.2, 0.25) is 0 Å². The number of benzene rings is 2. The number of para-hydroxylation sites is 1. The molecule has 2 aromatic carbocycles. The Kier molecular flexibility index (Phi) is 7.88. The number of ether oxygens (including phenoxy) is 2. The first-order valence-electron chi connectivity index (χ1n) is 10.9. The third-order valence-corrected chi connectivity index (χ3v) is 6.24. The number of piperidine rings is 1. The van der Waals surface area contributed by atoms with Gasteiger partial charge >= 0.3 is 5.97 Å². The van der Waals surface area contributed by atoms with E-state index in [1.54, 1.807) is 7.11 Å². The molecule has 1 fully saturated rings. The number of carbonyl (C=O) groups is 2. The van der Waals surface area contributed by atoms with E-state index in [0.29, 0.717) is 31.7 Å². The molecule has 1 heterocycles. The largest absolute Gasteiger partial charge is 0.496 e. The van der Waals surface area contributed by atoms with Gasteiger partial charge in [-0.25, -0.2) is 9.86 Å². The van der Waals surface area contributed by atoms with Crippen molar-refractivity contribution in [2.75, 3.05) is 27.3 Å². The lowest BCUT2D eigenvalue weighted by Crippen LogP contribution is -2.61. The first-order chi connectivity index (χ1) is 15.4. The molecule has 0 radical (unpaired) electrons. The molecule has 0 spiro atoms. The number of amides is 1. The molecule has 1 atom stereocenters. The van der Waals surface area contributed by atoms with E-state index < -0.39 is 11.5 Å². The highest BCUT2D eigenvalue weighted by molar-refractivity contribution is 5.86. The Morgan fingerprint density at radius 1 is 1.03 bits per heavy atom. The van der Waals surface area contributed by atoms with Crippen LogP contribution in [0.5, 0.6) is 5.75 Å². The van der Waals surface area contributed by atoms with E-state index in [9.17, 15) is 9.59 Å². The molecule has 1 unspecified atom stereocenters. The normalized spacial score (nSPS) is 16.8. The summed E-state index contributed by atoms with van der Waals surface area (Å²) in [6, 6.07) is 17.9. The summed E-state index contributed by atoms with van der Waals surface area (Å²) >= 11 is 0. The summed E-state index contributed by atoms with van der Waals surface area (Å²) in [5.41, 5.74) is 0.834. The first-order valence-corrected chi connectivity index (χ1v) is 10.9. The van der Waals surface area contributed by atoms with Crippen LogP contribution in [-0.4, -0.2) is 54.7 Å². The molecule has 32 heavy (non-hydrogen) atoms. The third kappa shape index (κ3) is 4.95. The number of methoxy groups -OCH3 is 2. The minimum absolute atomic E-state index is 0.104. The minimum Gasteiger partial charge on any atom is -0.496 e. The van der Waals surface area contributed by atoms with Crippen molar-refractivity contribution < 1.29 is 23.9 Å². The van der Waals surface area contributed by atoms with Crippen molar-refractivity contribution in [3.8, 4) is 5.75 Å². The maximum Gasteiger partial charge on any atom is 0.334 e. The molecule has 0 saturated carbocycles. The van der Waals surface area contributed by atoms with Crippen molar-refractivity contribution in [1.82, 2.24) is 9.96 Å². The Hall–Kier alpha value is -2.90. The maximum absolute atomic E-state index is 13.0. The predicted octanol–water partition coefficient (Wildman–Crippen LogP) is 3.74. The lowest BCUT2D eigenvalue weighted by molar-refractivity contribution is -0.240. The van der Waals surface area contributed by atoms with Gasteiger partial charge in [-0.05, 0) is 31.4 Å². The number of carbonyl (C=O) groups excluding carboxylic acids is 2. The maximum atomic E-state index is 13.0. The van der Waals surface area contributed by atoms with Gasteiger partial charge in [0.15, 0.2) is 5.54 Å². The zero-order valence-electron chi connectivity index (χ0n) is 19.2. The van der Waals surface area contributed by atoms with Crippen LogP contribution in [0.3, 0.4) is 0 Å². The van der Waals surface area contributed by atoms with Crippen molar-refractivity contribution >= 4 is 11.9 Å². The van der Waals surface area contributed by atoms with E-state index in [-0.39, 0.29) is 18.6 Å². The van der Waals surface area contributed by atoms with Gasteiger partial charge in [0.25, 0.3) is 0 Å². The summed E-state index contributed by atoms with van der Waals surface area (Å²) < 4.78 is 10.5. The van der Waals surface area contributed by atoms with Gasteiger partial charge < -0.3 is 9.47 Å². The number of esters is 1. The molecular weight excluding hydrogens is 408 g/mol. The van der Waals surface area contributed by atoms with Gasteiger partial charge in [0.1, 0.15) is 12.4 Å². The Morgan fingerprint density at radius 2 is 1.66 bits per heavy atom. The number of likely N-dealkylation sites (tertiary alicyclic amines) is 1. The molecule has 1 saturated heterocycles. The molecule has 1 aliphatic heterocycles. The molecule has 3 rings (SSSR count). The van der Waals surface area contributed by atoms with E-state index in [0.717, 1.165) is 5.56 Å². The average Bonchev–Trinajstić information content (AvgIpc) is 2.84. The summed E-state index contributed by atoms with van der Waals surface area (Å²) in [7, 11) is 2.93. The van der Waals surface area contributed by atoms with Crippen molar-refractivity contribution in [3.63, 3.8) is 0 Å². The summed E-state index contributed by atoms with van der Waals surface area (Å²) in [4.78, 5) is 33.9. The highest BCUT2D eigenvalue weighted by Crippen LogP contribution is 2.35. The lowest BCUT2D eigenvalue weighted by Gasteiger charge is -2.46. The first kappa shape index (κ1) is 23.8. The second-order valence-electron chi connectivity index (χ2n) is 8.04. The van der Waals surface area contributed by atoms with E-state index in [1.807, 2.05) is 42.5 Å². The number of hydrogen-bond acceptors (Lipinski definition) is 6. The summed E-state index contributed by atoms with van der Waals surface area (Å²) in [6.07, 6.45) is 0.838. The quantitative estimate of drug-likeness (QED) is 0.460. The summed E-state index contributed by atoms with van der Waals surface area (Å²) in [5.74, 6) is -0.135. The fraction of sp³-hybridized carbons (Fsp3) is 0.440. The molecule has 0 bridgehead atoms. The molecule has 0 N–H and O–H groups in total. The summed E-state index contributed by atoms with van der Waals surface area (Å²) in [5, 5.41) is 1.22. The van der Waals surface area contributed by atoms with Gasteiger partial charge in [0, 0.05) is 31.6 Å². The molecule has 7 nitrogen and oxygen atoms in total. The Morgan fingerprint density at radius 3 is 2.25 bits per heavy atom. The monoisotopic (exact) mass is 440 g/mol. The summed E-state index contributed by atoms with van der Waals surface area (Å²) in [6.45, 7) is 4.93. The Balaban J connectivity index is 1.79. The fourth-order valence-electron chi connectivity index (χ4n) is 4.38. The SMILES string of the molecule is COC(=O)C1(N(OCc2ccccc2OC)C(C)=O)CCN(C(C)c2ccccc2)CC1. The van der Waals surface area contributed by atoms with Crippen LogP contribution in [0, 0.1) is 0 Å². The van der Waals surface area contributed by atoms with Crippen LogP contribution in [0.4, 0.5) is 0 Å². The van der Waals surface area contributed by atoms with Gasteiger partial charge in [0.2, 0.25) is 5.91 Å². The third-order valence-electron chi connectivity index (χ3n) is 6.24. The Bertz CT molecular complexity index is 910.